The first-order valence-electron chi connectivity index (χ1n) is 10.7. The minimum Gasteiger partial charge on any atom is -0.491 e. The molecule has 0 aromatic heterocycles. The van der Waals surface area contributed by atoms with E-state index in [1.165, 1.54) is 0 Å². The molecule has 0 spiro atoms. The zero-order valence-corrected chi connectivity index (χ0v) is 17.6. The summed E-state index contributed by atoms with van der Waals surface area (Å²) in [5, 5.41) is 2.90. The van der Waals surface area contributed by atoms with E-state index in [1.807, 2.05) is 24.0 Å². The molecule has 2 amide bonds. The number of rotatable bonds is 8. The highest BCUT2D eigenvalue weighted by molar-refractivity contribution is 6.09. The summed E-state index contributed by atoms with van der Waals surface area (Å²) in [5.41, 5.74) is 1.53. The molecule has 2 aromatic rings. The lowest BCUT2D eigenvalue weighted by Crippen LogP contribution is -2.32. The standard InChI is InChI=1S/C24H30N2O4/c1-2-29-16-17-30-20-11-9-10-19(18-20)23(27)25-22-13-6-5-12-21(22)24(28)26-14-7-3-4-8-15-26/h5-6,9-13,18H,2-4,7-8,14-17H2,1H3,(H,25,27). The fraction of sp³-hybridized carbons (Fsp3) is 0.417. The van der Waals surface area contributed by atoms with Crippen LogP contribution in [-0.2, 0) is 4.74 Å². The van der Waals surface area contributed by atoms with Gasteiger partial charge in [0.1, 0.15) is 12.4 Å². The molecular formula is C24H30N2O4. The van der Waals surface area contributed by atoms with Crippen LogP contribution < -0.4 is 10.1 Å². The Labute approximate surface area is 178 Å². The van der Waals surface area contributed by atoms with Crippen LogP contribution in [0.2, 0.25) is 0 Å². The summed E-state index contributed by atoms with van der Waals surface area (Å²) in [6.07, 6.45) is 4.36. The fourth-order valence-corrected chi connectivity index (χ4v) is 3.51. The van der Waals surface area contributed by atoms with Gasteiger partial charge in [-0.3, -0.25) is 9.59 Å². The van der Waals surface area contributed by atoms with Crippen molar-refractivity contribution in [3.63, 3.8) is 0 Å². The minimum atomic E-state index is -0.277. The Morgan fingerprint density at radius 2 is 1.73 bits per heavy atom. The molecule has 30 heavy (non-hydrogen) atoms. The third kappa shape index (κ3) is 6.07. The van der Waals surface area contributed by atoms with Crippen molar-refractivity contribution in [3.05, 3.63) is 59.7 Å². The molecule has 1 aliphatic heterocycles. The lowest BCUT2D eigenvalue weighted by atomic mass is 10.1. The molecule has 2 aromatic carbocycles. The van der Waals surface area contributed by atoms with Gasteiger partial charge < -0.3 is 19.7 Å². The maximum Gasteiger partial charge on any atom is 0.255 e. The minimum absolute atomic E-state index is 0.0270. The third-order valence-electron chi connectivity index (χ3n) is 5.10. The van der Waals surface area contributed by atoms with E-state index in [1.54, 1.807) is 36.4 Å². The molecular weight excluding hydrogens is 380 g/mol. The van der Waals surface area contributed by atoms with Crippen molar-refractivity contribution in [2.24, 2.45) is 0 Å². The molecule has 1 heterocycles. The van der Waals surface area contributed by atoms with E-state index in [9.17, 15) is 9.59 Å². The van der Waals surface area contributed by atoms with E-state index in [2.05, 4.69) is 5.32 Å². The zero-order chi connectivity index (χ0) is 21.2. The Morgan fingerprint density at radius 3 is 2.50 bits per heavy atom. The van der Waals surface area contributed by atoms with Gasteiger partial charge in [0, 0.05) is 25.3 Å². The van der Waals surface area contributed by atoms with Crippen LogP contribution in [0.5, 0.6) is 5.75 Å². The lowest BCUT2D eigenvalue weighted by Gasteiger charge is -2.22. The Morgan fingerprint density at radius 1 is 0.967 bits per heavy atom. The molecule has 0 aliphatic carbocycles. The SMILES string of the molecule is CCOCCOc1cccc(C(=O)Nc2ccccc2C(=O)N2CCCCCC2)c1. The molecule has 1 fully saturated rings. The lowest BCUT2D eigenvalue weighted by molar-refractivity contribution is 0.0762. The van der Waals surface area contributed by atoms with Gasteiger partial charge in [-0.15, -0.1) is 0 Å². The Hall–Kier alpha value is -2.86. The number of anilines is 1. The second kappa shape index (κ2) is 11.4. The van der Waals surface area contributed by atoms with Crippen LogP contribution >= 0.6 is 0 Å². The van der Waals surface area contributed by atoms with E-state index < -0.39 is 0 Å². The van der Waals surface area contributed by atoms with Gasteiger partial charge >= 0.3 is 0 Å². The largest absolute Gasteiger partial charge is 0.491 e. The van der Waals surface area contributed by atoms with Crippen LogP contribution in [0.4, 0.5) is 5.69 Å². The van der Waals surface area contributed by atoms with Crippen LogP contribution in [0.25, 0.3) is 0 Å². The first-order chi connectivity index (χ1) is 14.7. The molecule has 6 nitrogen and oxygen atoms in total. The van der Waals surface area contributed by atoms with E-state index in [0.717, 1.165) is 38.8 Å². The molecule has 0 unspecified atom stereocenters. The van der Waals surface area contributed by atoms with Crippen LogP contribution in [-0.4, -0.2) is 49.6 Å². The normalized spacial score (nSPS) is 14.1. The third-order valence-corrected chi connectivity index (χ3v) is 5.10. The second-order valence-electron chi connectivity index (χ2n) is 7.28. The molecule has 0 atom stereocenters. The molecule has 160 valence electrons. The van der Waals surface area contributed by atoms with Crippen molar-refractivity contribution in [1.82, 2.24) is 4.90 Å². The van der Waals surface area contributed by atoms with Crippen LogP contribution in [0, 0.1) is 0 Å². The number of carbonyl (C=O) groups is 2. The summed E-state index contributed by atoms with van der Waals surface area (Å²) in [6, 6.07) is 14.2. The monoisotopic (exact) mass is 410 g/mol. The van der Waals surface area contributed by atoms with Gasteiger partial charge in [0.25, 0.3) is 11.8 Å². The van der Waals surface area contributed by atoms with Crippen molar-refractivity contribution < 1.29 is 19.1 Å². The molecule has 3 rings (SSSR count). The topological polar surface area (TPSA) is 67.9 Å². The Bertz CT molecular complexity index is 845. The number of hydrogen-bond donors (Lipinski definition) is 1. The smallest absolute Gasteiger partial charge is 0.255 e. The molecule has 6 heteroatoms. The number of benzene rings is 2. The summed E-state index contributed by atoms with van der Waals surface area (Å²) in [5.74, 6) is 0.304. The van der Waals surface area contributed by atoms with Crippen molar-refractivity contribution in [2.75, 3.05) is 38.2 Å². The molecule has 0 radical (unpaired) electrons. The van der Waals surface area contributed by atoms with E-state index >= 15 is 0 Å². The number of carbonyl (C=O) groups excluding carboxylic acids is 2. The van der Waals surface area contributed by atoms with E-state index in [0.29, 0.717) is 42.4 Å². The molecule has 1 N–H and O–H groups in total. The predicted octanol–water partition coefficient (Wildman–Crippen LogP) is 4.37. The Balaban J connectivity index is 1.69. The van der Waals surface area contributed by atoms with Gasteiger partial charge in [-0.2, -0.15) is 0 Å². The molecule has 1 saturated heterocycles. The second-order valence-corrected chi connectivity index (χ2v) is 7.28. The number of hydrogen-bond acceptors (Lipinski definition) is 4. The molecule has 1 aliphatic rings. The van der Waals surface area contributed by atoms with Crippen molar-refractivity contribution in [1.29, 1.82) is 0 Å². The van der Waals surface area contributed by atoms with Crippen LogP contribution in [0.15, 0.2) is 48.5 Å². The average Bonchev–Trinajstić information content (AvgIpc) is 3.06. The number of likely N-dealkylation sites (tertiary alicyclic amines) is 1. The van der Waals surface area contributed by atoms with Gasteiger partial charge in [0.05, 0.1) is 17.9 Å². The molecule has 0 bridgehead atoms. The van der Waals surface area contributed by atoms with Gasteiger partial charge in [0.15, 0.2) is 0 Å². The number of nitrogens with one attached hydrogen (secondary N) is 1. The van der Waals surface area contributed by atoms with E-state index in [4.69, 9.17) is 9.47 Å². The van der Waals surface area contributed by atoms with Crippen molar-refractivity contribution >= 4 is 17.5 Å². The quantitative estimate of drug-likeness (QED) is 0.656. The first kappa shape index (κ1) is 21.8. The van der Waals surface area contributed by atoms with Gasteiger partial charge in [-0.1, -0.05) is 31.0 Å². The fourth-order valence-electron chi connectivity index (χ4n) is 3.51. The summed E-state index contributed by atoms with van der Waals surface area (Å²) in [6.45, 7) is 5.03. The van der Waals surface area contributed by atoms with Gasteiger partial charge in [-0.25, -0.2) is 0 Å². The van der Waals surface area contributed by atoms with Gasteiger partial charge in [-0.05, 0) is 50.1 Å². The summed E-state index contributed by atoms with van der Waals surface area (Å²) in [4.78, 5) is 27.8. The number of amides is 2. The van der Waals surface area contributed by atoms with Crippen molar-refractivity contribution in [2.45, 2.75) is 32.6 Å². The predicted molar refractivity (Wildman–Crippen MR) is 117 cm³/mol. The highest BCUT2D eigenvalue weighted by atomic mass is 16.5. The summed E-state index contributed by atoms with van der Waals surface area (Å²) < 4.78 is 10.9. The highest BCUT2D eigenvalue weighted by Gasteiger charge is 2.21. The molecule has 0 saturated carbocycles. The van der Waals surface area contributed by atoms with Crippen LogP contribution in [0.3, 0.4) is 0 Å². The maximum absolute atomic E-state index is 13.1. The Kier molecular flexibility index (Phi) is 8.27. The number of nitrogens with zero attached hydrogens (tertiary/aromatic N) is 1. The number of ether oxygens (including phenoxy) is 2. The average molecular weight is 411 g/mol. The first-order valence-corrected chi connectivity index (χ1v) is 10.7. The highest BCUT2D eigenvalue weighted by Crippen LogP contribution is 2.21. The van der Waals surface area contributed by atoms with Crippen molar-refractivity contribution in [3.8, 4) is 5.75 Å². The summed E-state index contributed by atoms with van der Waals surface area (Å²) in [7, 11) is 0. The van der Waals surface area contributed by atoms with Crippen LogP contribution in [0.1, 0.15) is 53.3 Å². The summed E-state index contributed by atoms with van der Waals surface area (Å²) >= 11 is 0. The number of para-hydroxylation sites is 1. The van der Waals surface area contributed by atoms with Gasteiger partial charge in [0.2, 0.25) is 0 Å². The van der Waals surface area contributed by atoms with E-state index in [-0.39, 0.29) is 11.8 Å². The maximum atomic E-state index is 13.1. The zero-order valence-electron chi connectivity index (χ0n) is 17.6.